The van der Waals surface area contributed by atoms with Crippen molar-refractivity contribution in [3.63, 3.8) is 0 Å². The molecular weight excluding hydrogens is 390 g/mol. The van der Waals surface area contributed by atoms with Gasteiger partial charge in [0.05, 0.1) is 12.6 Å². The Hall–Kier alpha value is -3.20. The number of nitrogens with zero attached hydrogens (tertiary/aromatic N) is 4. The average Bonchev–Trinajstić information content (AvgIpc) is 3.38. The molecule has 0 unspecified atom stereocenters. The highest BCUT2D eigenvalue weighted by Gasteiger charge is 2.17. The second-order valence-corrected chi connectivity index (χ2v) is 7.48. The molecule has 0 aliphatic rings. The lowest BCUT2D eigenvalue weighted by molar-refractivity contribution is -0.121. The first-order valence-electron chi connectivity index (χ1n) is 9.36. The van der Waals surface area contributed by atoms with Gasteiger partial charge in [-0.05, 0) is 36.1 Å². The average molecular weight is 411 g/mol. The van der Waals surface area contributed by atoms with Gasteiger partial charge in [0, 0.05) is 25.9 Å². The molecular formula is C20H21N5O3S. The number of aromatic nitrogens is 4. The number of amides is 1. The van der Waals surface area contributed by atoms with Gasteiger partial charge < -0.3 is 10.1 Å². The number of benzene rings is 1. The van der Waals surface area contributed by atoms with E-state index in [-0.39, 0.29) is 17.9 Å². The maximum Gasteiger partial charge on any atom is 0.272 e. The van der Waals surface area contributed by atoms with E-state index in [1.165, 1.54) is 11.3 Å². The fraction of sp³-hybridized carbons (Fsp3) is 0.300. The van der Waals surface area contributed by atoms with Crippen LogP contribution in [0.15, 0.2) is 40.5 Å². The Morgan fingerprint density at radius 3 is 2.93 bits per heavy atom. The van der Waals surface area contributed by atoms with E-state index >= 15 is 0 Å². The molecule has 9 heteroatoms. The van der Waals surface area contributed by atoms with E-state index in [4.69, 9.17) is 4.74 Å². The molecule has 0 aliphatic carbocycles. The number of thiophene rings is 1. The molecule has 8 nitrogen and oxygen atoms in total. The van der Waals surface area contributed by atoms with Crippen LogP contribution in [0.5, 0.6) is 5.75 Å². The second-order valence-electron chi connectivity index (χ2n) is 6.56. The molecule has 0 aliphatic heterocycles. The van der Waals surface area contributed by atoms with Crippen molar-refractivity contribution >= 4 is 33.2 Å². The number of hydrogen-bond acceptors (Lipinski definition) is 6. The van der Waals surface area contributed by atoms with Gasteiger partial charge in [-0.15, -0.1) is 21.5 Å². The van der Waals surface area contributed by atoms with Crippen LogP contribution in [0.2, 0.25) is 0 Å². The Morgan fingerprint density at radius 2 is 2.14 bits per heavy atom. The van der Waals surface area contributed by atoms with E-state index in [1.807, 2.05) is 47.0 Å². The number of aryl methyl sites for hydroxylation is 2. The van der Waals surface area contributed by atoms with Crippen molar-refractivity contribution in [3.8, 4) is 5.75 Å². The number of methoxy groups -OCH3 is 1. The molecule has 0 radical (unpaired) electrons. The topological polar surface area (TPSA) is 90.5 Å². The van der Waals surface area contributed by atoms with Crippen LogP contribution in [0.1, 0.15) is 24.7 Å². The molecule has 3 heterocycles. The highest BCUT2D eigenvalue weighted by Crippen LogP contribution is 2.20. The molecule has 4 aromatic rings. The van der Waals surface area contributed by atoms with Gasteiger partial charge in [-0.1, -0.05) is 12.1 Å². The Morgan fingerprint density at radius 1 is 1.28 bits per heavy atom. The van der Waals surface area contributed by atoms with Crippen LogP contribution >= 0.6 is 11.3 Å². The van der Waals surface area contributed by atoms with E-state index < -0.39 is 0 Å². The standard InChI is InChI=1S/C20H21N5O3S/c1-3-24-19(27)18-15(9-10-29-18)25-16(22-23-20(24)25)7-8-17(26)21-12-13-5-4-6-14(11-13)28-2/h4-6,9-11H,3,7-8,12H2,1-2H3,(H,21,26). The van der Waals surface area contributed by atoms with Gasteiger partial charge in [0.1, 0.15) is 16.3 Å². The van der Waals surface area contributed by atoms with E-state index in [9.17, 15) is 9.59 Å². The van der Waals surface area contributed by atoms with Crippen molar-refractivity contribution in [1.82, 2.24) is 24.5 Å². The van der Waals surface area contributed by atoms with E-state index in [2.05, 4.69) is 15.5 Å². The zero-order chi connectivity index (χ0) is 20.4. The summed E-state index contributed by atoms with van der Waals surface area (Å²) in [5, 5.41) is 13.3. The molecule has 0 spiro atoms. The van der Waals surface area contributed by atoms with Gasteiger partial charge in [-0.2, -0.15) is 0 Å². The van der Waals surface area contributed by atoms with Gasteiger partial charge in [-0.3, -0.25) is 18.6 Å². The number of carbonyl (C=O) groups excluding carboxylic acids is 1. The van der Waals surface area contributed by atoms with Crippen LogP contribution < -0.4 is 15.6 Å². The van der Waals surface area contributed by atoms with Crippen molar-refractivity contribution in [2.24, 2.45) is 0 Å². The summed E-state index contributed by atoms with van der Waals surface area (Å²) in [6, 6.07) is 9.48. The lowest BCUT2D eigenvalue weighted by Gasteiger charge is -2.08. The number of fused-ring (bicyclic) bond motifs is 3. The molecule has 0 atom stereocenters. The number of nitrogens with one attached hydrogen (secondary N) is 1. The van der Waals surface area contributed by atoms with Gasteiger partial charge in [0.2, 0.25) is 11.7 Å². The Bertz CT molecular complexity index is 1240. The fourth-order valence-corrected chi connectivity index (χ4v) is 4.15. The maximum atomic E-state index is 12.6. The zero-order valence-electron chi connectivity index (χ0n) is 16.2. The Labute approximate surface area is 170 Å². The summed E-state index contributed by atoms with van der Waals surface area (Å²) in [6.45, 7) is 2.84. The normalized spacial score (nSPS) is 11.2. The van der Waals surface area contributed by atoms with Crippen molar-refractivity contribution < 1.29 is 9.53 Å². The summed E-state index contributed by atoms with van der Waals surface area (Å²) < 4.78 is 9.36. The first kappa shape index (κ1) is 19.1. The molecule has 4 rings (SSSR count). The second kappa shape index (κ2) is 8.04. The van der Waals surface area contributed by atoms with E-state index in [0.29, 0.717) is 35.8 Å². The van der Waals surface area contributed by atoms with Crippen molar-refractivity contribution in [3.05, 3.63) is 57.5 Å². The van der Waals surface area contributed by atoms with E-state index in [0.717, 1.165) is 16.8 Å². The van der Waals surface area contributed by atoms with Crippen molar-refractivity contribution in [2.75, 3.05) is 7.11 Å². The van der Waals surface area contributed by atoms with Gasteiger partial charge in [-0.25, -0.2) is 0 Å². The number of rotatable bonds is 7. The Balaban J connectivity index is 1.50. The zero-order valence-corrected chi connectivity index (χ0v) is 17.0. The minimum absolute atomic E-state index is 0.0556. The highest BCUT2D eigenvalue weighted by molar-refractivity contribution is 7.17. The van der Waals surface area contributed by atoms with Crippen LogP contribution in [0.4, 0.5) is 0 Å². The molecule has 150 valence electrons. The molecule has 1 amide bonds. The van der Waals surface area contributed by atoms with E-state index in [1.54, 1.807) is 11.7 Å². The lowest BCUT2D eigenvalue weighted by atomic mass is 10.2. The van der Waals surface area contributed by atoms with Crippen LogP contribution in [-0.2, 0) is 24.3 Å². The third-order valence-corrected chi connectivity index (χ3v) is 5.69. The summed E-state index contributed by atoms with van der Waals surface area (Å²) in [5.41, 5.74) is 1.70. The highest BCUT2D eigenvalue weighted by atomic mass is 32.1. The molecule has 1 aromatic carbocycles. The predicted molar refractivity (Wildman–Crippen MR) is 111 cm³/mol. The monoisotopic (exact) mass is 411 g/mol. The third-order valence-electron chi connectivity index (χ3n) is 4.79. The lowest BCUT2D eigenvalue weighted by Crippen LogP contribution is -2.24. The third kappa shape index (κ3) is 3.61. The molecule has 1 N–H and O–H groups in total. The molecule has 0 bridgehead atoms. The number of carbonyl (C=O) groups is 1. The van der Waals surface area contributed by atoms with Crippen LogP contribution in [0.3, 0.4) is 0 Å². The quantitative estimate of drug-likeness (QED) is 0.504. The smallest absolute Gasteiger partial charge is 0.272 e. The summed E-state index contributed by atoms with van der Waals surface area (Å²) in [6.07, 6.45) is 0.708. The molecule has 0 fully saturated rings. The predicted octanol–water partition coefficient (Wildman–Crippen LogP) is 2.38. The molecule has 3 aromatic heterocycles. The molecule has 0 saturated carbocycles. The van der Waals surface area contributed by atoms with Crippen molar-refractivity contribution in [2.45, 2.75) is 32.9 Å². The fourth-order valence-electron chi connectivity index (χ4n) is 3.32. The SMILES string of the molecule is CCn1c(=O)c2sccc2n2c(CCC(=O)NCc3cccc(OC)c3)nnc12. The first-order chi connectivity index (χ1) is 14.1. The van der Waals surface area contributed by atoms with Crippen LogP contribution in [0, 0.1) is 0 Å². The van der Waals surface area contributed by atoms with Crippen molar-refractivity contribution in [1.29, 1.82) is 0 Å². The van der Waals surface area contributed by atoms with Crippen LogP contribution in [0.25, 0.3) is 16.0 Å². The van der Waals surface area contributed by atoms with Crippen LogP contribution in [-0.4, -0.2) is 32.2 Å². The number of hydrogen-bond donors (Lipinski definition) is 1. The number of ether oxygens (including phenoxy) is 1. The first-order valence-corrected chi connectivity index (χ1v) is 10.2. The summed E-state index contributed by atoms with van der Waals surface area (Å²) in [4.78, 5) is 24.9. The van der Waals surface area contributed by atoms with Gasteiger partial charge in [0.25, 0.3) is 5.56 Å². The summed E-state index contributed by atoms with van der Waals surface area (Å²) >= 11 is 1.40. The maximum absolute atomic E-state index is 12.6. The largest absolute Gasteiger partial charge is 0.497 e. The molecule has 0 saturated heterocycles. The minimum Gasteiger partial charge on any atom is -0.497 e. The Kier molecular flexibility index (Phi) is 5.30. The minimum atomic E-state index is -0.0741. The molecule has 29 heavy (non-hydrogen) atoms. The van der Waals surface area contributed by atoms with Gasteiger partial charge in [0.15, 0.2) is 0 Å². The summed E-state index contributed by atoms with van der Waals surface area (Å²) in [5.74, 6) is 1.86. The van der Waals surface area contributed by atoms with Gasteiger partial charge >= 0.3 is 0 Å². The summed E-state index contributed by atoms with van der Waals surface area (Å²) in [7, 11) is 1.61.